The van der Waals surface area contributed by atoms with E-state index < -0.39 is 17.5 Å². The van der Waals surface area contributed by atoms with Crippen molar-refractivity contribution in [2.75, 3.05) is 0 Å². The minimum Gasteiger partial charge on any atom is -0.505 e. The summed E-state index contributed by atoms with van der Waals surface area (Å²) in [5.74, 6) is -2.14. The number of rotatable bonds is 2. The molecule has 16 heavy (non-hydrogen) atoms. The molecule has 2 N–H and O–H groups in total. The number of thiophene rings is 1. The molecule has 82 valence electrons. The number of carboxylic acids is 1. The molecular formula is C11H7FO3S. The Morgan fingerprint density at radius 1 is 1.25 bits per heavy atom. The summed E-state index contributed by atoms with van der Waals surface area (Å²) >= 11 is 1.09. The third-order valence-corrected chi connectivity index (χ3v) is 3.01. The molecule has 1 aromatic carbocycles. The van der Waals surface area contributed by atoms with Gasteiger partial charge >= 0.3 is 5.97 Å². The van der Waals surface area contributed by atoms with Gasteiger partial charge in [-0.25, -0.2) is 9.18 Å². The molecule has 1 heterocycles. The summed E-state index contributed by atoms with van der Waals surface area (Å²) in [5, 5.41) is 19.6. The molecule has 0 spiro atoms. The van der Waals surface area contributed by atoms with E-state index in [1.807, 2.05) is 0 Å². The third-order valence-electron chi connectivity index (χ3n) is 2.09. The van der Waals surface area contributed by atoms with E-state index in [0.717, 1.165) is 17.4 Å². The Labute approximate surface area is 94.4 Å². The minimum absolute atomic E-state index is 0.207. The number of carboxylic acid groups (broad SMARTS) is 1. The quantitative estimate of drug-likeness (QED) is 0.845. The maximum Gasteiger partial charge on any atom is 0.345 e. The van der Waals surface area contributed by atoms with Gasteiger partial charge in [-0.05, 0) is 34.7 Å². The van der Waals surface area contributed by atoms with Crippen LogP contribution in [0.1, 0.15) is 9.67 Å². The van der Waals surface area contributed by atoms with Crippen LogP contribution >= 0.6 is 11.3 Å². The molecule has 5 heteroatoms. The molecule has 0 aliphatic rings. The SMILES string of the molecule is O=C(O)c1cc(-c2ccc(F)c(O)c2)cs1. The molecule has 0 atom stereocenters. The highest BCUT2D eigenvalue weighted by Gasteiger charge is 2.09. The fourth-order valence-electron chi connectivity index (χ4n) is 1.29. The van der Waals surface area contributed by atoms with Crippen LogP contribution in [0.5, 0.6) is 5.75 Å². The number of phenolic OH excluding ortho intramolecular Hbond substituents is 1. The van der Waals surface area contributed by atoms with Crippen molar-refractivity contribution in [2.45, 2.75) is 0 Å². The molecular weight excluding hydrogens is 231 g/mol. The van der Waals surface area contributed by atoms with Gasteiger partial charge in [-0.15, -0.1) is 11.3 Å². The summed E-state index contributed by atoms with van der Waals surface area (Å²) < 4.78 is 12.8. The van der Waals surface area contributed by atoms with E-state index in [9.17, 15) is 14.3 Å². The maximum atomic E-state index is 12.8. The van der Waals surface area contributed by atoms with E-state index in [1.165, 1.54) is 18.2 Å². The Morgan fingerprint density at radius 3 is 2.56 bits per heavy atom. The molecule has 2 rings (SSSR count). The van der Waals surface area contributed by atoms with Crippen LogP contribution in [0.25, 0.3) is 11.1 Å². The van der Waals surface area contributed by atoms with Crippen LogP contribution in [0.2, 0.25) is 0 Å². The number of phenols is 1. The average Bonchev–Trinajstić information content (AvgIpc) is 2.71. The van der Waals surface area contributed by atoms with Crippen molar-refractivity contribution >= 4 is 17.3 Å². The number of hydrogen-bond acceptors (Lipinski definition) is 3. The van der Waals surface area contributed by atoms with Gasteiger partial charge in [0.2, 0.25) is 0 Å². The molecule has 0 amide bonds. The lowest BCUT2D eigenvalue weighted by atomic mass is 10.1. The minimum atomic E-state index is -0.998. The van der Waals surface area contributed by atoms with Crippen molar-refractivity contribution in [3.05, 3.63) is 40.3 Å². The topological polar surface area (TPSA) is 57.5 Å². The number of halogens is 1. The second-order valence-corrected chi connectivity index (χ2v) is 4.08. The summed E-state index contributed by atoms with van der Waals surface area (Å²) in [6.45, 7) is 0. The summed E-state index contributed by atoms with van der Waals surface area (Å²) in [7, 11) is 0. The van der Waals surface area contributed by atoms with Crippen molar-refractivity contribution in [3.8, 4) is 16.9 Å². The number of benzene rings is 1. The summed E-state index contributed by atoms with van der Waals surface area (Å²) in [4.78, 5) is 10.9. The largest absolute Gasteiger partial charge is 0.505 e. The van der Waals surface area contributed by atoms with Crippen LogP contribution in [0, 0.1) is 5.82 Å². The highest BCUT2D eigenvalue weighted by molar-refractivity contribution is 7.12. The lowest BCUT2D eigenvalue weighted by molar-refractivity contribution is 0.0702. The van der Waals surface area contributed by atoms with Gasteiger partial charge in [0, 0.05) is 0 Å². The van der Waals surface area contributed by atoms with Crippen LogP contribution in [-0.4, -0.2) is 16.2 Å². The highest BCUT2D eigenvalue weighted by Crippen LogP contribution is 2.29. The molecule has 0 unspecified atom stereocenters. The fourth-order valence-corrected chi connectivity index (χ4v) is 2.05. The number of aromatic hydroxyl groups is 1. The molecule has 0 aliphatic carbocycles. The number of aromatic carboxylic acids is 1. The van der Waals surface area contributed by atoms with E-state index in [-0.39, 0.29) is 4.88 Å². The number of hydrogen-bond donors (Lipinski definition) is 2. The van der Waals surface area contributed by atoms with Crippen molar-refractivity contribution in [1.82, 2.24) is 0 Å². The predicted molar refractivity (Wildman–Crippen MR) is 58.3 cm³/mol. The zero-order chi connectivity index (χ0) is 11.7. The van der Waals surface area contributed by atoms with Gasteiger partial charge < -0.3 is 10.2 Å². The Hall–Kier alpha value is -1.88. The van der Waals surface area contributed by atoms with Crippen molar-refractivity contribution < 1.29 is 19.4 Å². The van der Waals surface area contributed by atoms with Crippen LogP contribution in [0.4, 0.5) is 4.39 Å². The Bertz CT molecular complexity index is 548. The zero-order valence-corrected chi connectivity index (χ0v) is 8.79. The maximum absolute atomic E-state index is 12.8. The third kappa shape index (κ3) is 1.90. The average molecular weight is 238 g/mol. The molecule has 2 aromatic rings. The van der Waals surface area contributed by atoms with Crippen LogP contribution < -0.4 is 0 Å². The van der Waals surface area contributed by atoms with Crippen molar-refractivity contribution in [2.24, 2.45) is 0 Å². The van der Waals surface area contributed by atoms with Gasteiger partial charge in [-0.1, -0.05) is 6.07 Å². The molecule has 1 aromatic heterocycles. The molecule has 0 aliphatic heterocycles. The smallest absolute Gasteiger partial charge is 0.345 e. The van der Waals surface area contributed by atoms with Crippen LogP contribution in [0.15, 0.2) is 29.6 Å². The lowest BCUT2D eigenvalue weighted by Gasteiger charge is -1.99. The molecule has 0 saturated heterocycles. The number of carbonyl (C=O) groups is 1. The van der Waals surface area contributed by atoms with E-state index >= 15 is 0 Å². The van der Waals surface area contributed by atoms with Gasteiger partial charge in [0.1, 0.15) is 4.88 Å². The molecule has 0 fully saturated rings. The van der Waals surface area contributed by atoms with Gasteiger partial charge in [-0.2, -0.15) is 0 Å². The van der Waals surface area contributed by atoms with Gasteiger partial charge in [0.15, 0.2) is 11.6 Å². The first-order valence-corrected chi connectivity index (χ1v) is 5.26. The first-order chi connectivity index (χ1) is 7.58. The van der Waals surface area contributed by atoms with Crippen molar-refractivity contribution in [3.63, 3.8) is 0 Å². The highest BCUT2D eigenvalue weighted by atomic mass is 32.1. The zero-order valence-electron chi connectivity index (χ0n) is 7.98. The van der Waals surface area contributed by atoms with Crippen LogP contribution in [0.3, 0.4) is 0 Å². The molecule has 0 bridgehead atoms. The fraction of sp³-hybridized carbons (Fsp3) is 0. The first-order valence-electron chi connectivity index (χ1n) is 4.38. The Morgan fingerprint density at radius 2 is 2.00 bits per heavy atom. The second-order valence-electron chi connectivity index (χ2n) is 3.17. The summed E-state index contributed by atoms with van der Waals surface area (Å²) in [5.41, 5.74) is 1.24. The first kappa shape index (κ1) is 10.6. The summed E-state index contributed by atoms with van der Waals surface area (Å²) in [6.07, 6.45) is 0. The predicted octanol–water partition coefficient (Wildman–Crippen LogP) is 2.96. The monoisotopic (exact) mass is 238 g/mol. The summed E-state index contributed by atoms with van der Waals surface area (Å²) in [6, 6.07) is 5.38. The molecule has 3 nitrogen and oxygen atoms in total. The second kappa shape index (κ2) is 3.94. The normalized spacial score (nSPS) is 10.3. The molecule has 0 radical (unpaired) electrons. The van der Waals surface area contributed by atoms with Gasteiger partial charge in [0.05, 0.1) is 0 Å². The lowest BCUT2D eigenvalue weighted by Crippen LogP contribution is -1.90. The van der Waals surface area contributed by atoms with Gasteiger partial charge in [-0.3, -0.25) is 0 Å². The van der Waals surface area contributed by atoms with Gasteiger partial charge in [0.25, 0.3) is 0 Å². The van der Waals surface area contributed by atoms with E-state index in [1.54, 1.807) is 5.38 Å². The van der Waals surface area contributed by atoms with E-state index in [0.29, 0.717) is 11.1 Å². The Kier molecular flexibility index (Phi) is 2.62. The van der Waals surface area contributed by atoms with E-state index in [2.05, 4.69) is 0 Å². The standard InChI is InChI=1S/C11H7FO3S/c12-8-2-1-6(3-9(8)13)7-4-10(11(14)15)16-5-7/h1-5,13H,(H,14,15). The van der Waals surface area contributed by atoms with Crippen LogP contribution in [-0.2, 0) is 0 Å². The Balaban J connectivity index is 2.42. The molecule has 0 saturated carbocycles. The van der Waals surface area contributed by atoms with Crippen molar-refractivity contribution in [1.29, 1.82) is 0 Å². The van der Waals surface area contributed by atoms with E-state index in [4.69, 9.17) is 5.11 Å².